The van der Waals surface area contributed by atoms with Crippen molar-refractivity contribution in [3.05, 3.63) is 29.6 Å². The van der Waals surface area contributed by atoms with Crippen LogP contribution in [0.1, 0.15) is 12.5 Å². The molecule has 2 rings (SSSR count). The number of likely N-dealkylation sites (N-methyl/N-ethyl adjacent to an activating group) is 1. The number of benzene rings is 1. The third kappa shape index (κ3) is 2.96. The van der Waals surface area contributed by atoms with E-state index in [2.05, 4.69) is 10.2 Å². The molecule has 4 heteroatoms. The topological polar surface area (TPSA) is 35.5 Å². The van der Waals surface area contributed by atoms with Crippen molar-refractivity contribution in [1.82, 2.24) is 5.32 Å². The van der Waals surface area contributed by atoms with Gasteiger partial charge in [-0.15, -0.1) is 0 Å². The highest BCUT2D eigenvalue weighted by molar-refractivity contribution is 5.58. The smallest absolute Gasteiger partial charge is 0.125 e. The van der Waals surface area contributed by atoms with Crippen LogP contribution in [0.5, 0.6) is 0 Å². The quantitative estimate of drug-likeness (QED) is 0.808. The Kier molecular flexibility index (Phi) is 3.97. The van der Waals surface area contributed by atoms with Gasteiger partial charge in [0.15, 0.2) is 0 Å². The number of halogens is 1. The van der Waals surface area contributed by atoms with E-state index in [1.54, 1.807) is 6.07 Å². The lowest BCUT2D eigenvalue weighted by molar-refractivity contribution is 0.178. The van der Waals surface area contributed by atoms with Gasteiger partial charge in [0.25, 0.3) is 0 Å². The second-order valence-corrected chi connectivity index (χ2v) is 4.43. The van der Waals surface area contributed by atoms with Gasteiger partial charge in [0.05, 0.1) is 6.10 Å². The Labute approximate surface area is 101 Å². The first kappa shape index (κ1) is 12.3. The first-order valence-corrected chi connectivity index (χ1v) is 6.13. The van der Waals surface area contributed by atoms with Crippen molar-refractivity contribution in [2.24, 2.45) is 0 Å². The normalized spacial score (nSPS) is 16.1. The lowest BCUT2D eigenvalue weighted by Gasteiger charge is -2.23. The van der Waals surface area contributed by atoms with Crippen LogP contribution in [-0.4, -0.2) is 37.4 Å². The van der Waals surface area contributed by atoms with Crippen LogP contribution < -0.4 is 10.2 Å². The standard InChI is InChI=1S/C13H19FN2O/c1-2-15-8-12(17)9-16-6-5-10-3-4-11(14)7-13(10)16/h3-4,7,12,15,17H,2,5-6,8-9H2,1H3. The molecule has 1 heterocycles. The van der Waals surface area contributed by atoms with Gasteiger partial charge < -0.3 is 15.3 Å². The van der Waals surface area contributed by atoms with Gasteiger partial charge in [0.2, 0.25) is 0 Å². The molecular weight excluding hydrogens is 219 g/mol. The number of rotatable bonds is 5. The number of nitrogens with one attached hydrogen (secondary N) is 1. The maximum atomic E-state index is 13.2. The molecule has 0 radical (unpaired) electrons. The van der Waals surface area contributed by atoms with Crippen molar-refractivity contribution < 1.29 is 9.50 Å². The van der Waals surface area contributed by atoms with E-state index in [1.807, 2.05) is 13.0 Å². The SMILES string of the molecule is CCNCC(O)CN1CCc2ccc(F)cc21. The van der Waals surface area contributed by atoms with Crippen LogP contribution in [0.2, 0.25) is 0 Å². The van der Waals surface area contributed by atoms with E-state index in [-0.39, 0.29) is 5.82 Å². The van der Waals surface area contributed by atoms with E-state index < -0.39 is 6.10 Å². The van der Waals surface area contributed by atoms with E-state index in [4.69, 9.17) is 0 Å². The highest BCUT2D eigenvalue weighted by Crippen LogP contribution is 2.28. The molecule has 0 aromatic heterocycles. The Hall–Kier alpha value is -1.13. The zero-order valence-corrected chi connectivity index (χ0v) is 10.1. The van der Waals surface area contributed by atoms with Gasteiger partial charge >= 0.3 is 0 Å². The molecule has 0 bridgehead atoms. The molecule has 2 N–H and O–H groups in total. The molecule has 1 unspecified atom stereocenters. The molecule has 1 aromatic rings. The van der Waals surface area contributed by atoms with Crippen LogP contribution in [0.4, 0.5) is 10.1 Å². The van der Waals surface area contributed by atoms with Crippen molar-refractivity contribution in [3.8, 4) is 0 Å². The fourth-order valence-corrected chi connectivity index (χ4v) is 2.24. The molecule has 0 saturated heterocycles. The lowest BCUT2D eigenvalue weighted by Crippen LogP contribution is -2.37. The molecule has 17 heavy (non-hydrogen) atoms. The third-order valence-corrected chi connectivity index (χ3v) is 3.10. The Bertz CT molecular complexity index is 384. The van der Waals surface area contributed by atoms with Crippen LogP contribution in [0, 0.1) is 5.82 Å². The summed E-state index contributed by atoms with van der Waals surface area (Å²) in [4.78, 5) is 2.06. The van der Waals surface area contributed by atoms with Crippen LogP contribution in [0.25, 0.3) is 0 Å². The van der Waals surface area contributed by atoms with Gasteiger partial charge in [-0.1, -0.05) is 13.0 Å². The van der Waals surface area contributed by atoms with Gasteiger partial charge in [-0.2, -0.15) is 0 Å². The molecule has 1 aliphatic heterocycles. The van der Waals surface area contributed by atoms with Crippen molar-refractivity contribution in [2.75, 3.05) is 31.1 Å². The Balaban J connectivity index is 1.99. The Morgan fingerprint density at radius 1 is 1.53 bits per heavy atom. The average molecular weight is 238 g/mol. The zero-order valence-electron chi connectivity index (χ0n) is 10.1. The predicted molar refractivity (Wildman–Crippen MR) is 66.9 cm³/mol. The van der Waals surface area contributed by atoms with Crippen molar-refractivity contribution in [2.45, 2.75) is 19.4 Å². The minimum Gasteiger partial charge on any atom is -0.390 e. The number of aliphatic hydroxyl groups excluding tert-OH is 1. The predicted octanol–water partition coefficient (Wildman–Crippen LogP) is 1.16. The van der Waals surface area contributed by atoms with Crippen LogP contribution in [0.15, 0.2) is 18.2 Å². The summed E-state index contributed by atoms with van der Waals surface area (Å²) in [6.45, 7) is 4.86. The fraction of sp³-hybridized carbons (Fsp3) is 0.538. The number of β-amino-alcohol motifs (C(OH)–C–C–N with tert-alkyl or cyclic N) is 1. The largest absolute Gasteiger partial charge is 0.390 e. The second kappa shape index (κ2) is 5.47. The Morgan fingerprint density at radius 2 is 2.35 bits per heavy atom. The molecule has 0 fully saturated rings. The second-order valence-electron chi connectivity index (χ2n) is 4.43. The maximum absolute atomic E-state index is 13.2. The van der Waals surface area contributed by atoms with Crippen LogP contribution in [0.3, 0.4) is 0 Å². The molecule has 94 valence electrons. The zero-order chi connectivity index (χ0) is 12.3. The molecule has 1 aromatic carbocycles. The van der Waals surface area contributed by atoms with E-state index in [1.165, 1.54) is 11.6 Å². The van der Waals surface area contributed by atoms with E-state index in [0.29, 0.717) is 13.1 Å². The summed E-state index contributed by atoms with van der Waals surface area (Å²) in [7, 11) is 0. The number of hydrogen-bond donors (Lipinski definition) is 2. The van der Waals surface area contributed by atoms with Gasteiger partial charge in [-0.3, -0.25) is 0 Å². The van der Waals surface area contributed by atoms with Crippen LogP contribution in [-0.2, 0) is 6.42 Å². The molecule has 1 atom stereocenters. The van der Waals surface area contributed by atoms with Crippen molar-refractivity contribution >= 4 is 5.69 Å². The van der Waals surface area contributed by atoms with Gasteiger partial charge in [0.1, 0.15) is 5.82 Å². The molecule has 0 aliphatic carbocycles. The van der Waals surface area contributed by atoms with E-state index >= 15 is 0 Å². The third-order valence-electron chi connectivity index (χ3n) is 3.10. The average Bonchev–Trinajstić information content (AvgIpc) is 2.69. The summed E-state index contributed by atoms with van der Waals surface area (Å²) >= 11 is 0. The molecule has 0 saturated carbocycles. The van der Waals surface area contributed by atoms with Gasteiger partial charge in [-0.25, -0.2) is 4.39 Å². The van der Waals surface area contributed by atoms with E-state index in [9.17, 15) is 9.50 Å². The van der Waals surface area contributed by atoms with E-state index in [0.717, 1.165) is 25.2 Å². The minimum absolute atomic E-state index is 0.211. The summed E-state index contributed by atoms with van der Waals surface area (Å²) in [5.41, 5.74) is 2.10. The van der Waals surface area contributed by atoms with Crippen molar-refractivity contribution in [1.29, 1.82) is 0 Å². The Morgan fingerprint density at radius 3 is 3.12 bits per heavy atom. The highest BCUT2D eigenvalue weighted by Gasteiger charge is 2.21. The number of nitrogens with zero attached hydrogens (tertiary/aromatic N) is 1. The first-order chi connectivity index (χ1) is 8.20. The molecule has 1 aliphatic rings. The minimum atomic E-state index is -0.413. The summed E-state index contributed by atoms with van der Waals surface area (Å²) in [6, 6.07) is 4.89. The number of aliphatic hydroxyl groups is 1. The first-order valence-electron chi connectivity index (χ1n) is 6.13. The number of fused-ring (bicyclic) bond motifs is 1. The monoisotopic (exact) mass is 238 g/mol. The molecule has 3 nitrogen and oxygen atoms in total. The molecule has 0 amide bonds. The summed E-state index contributed by atoms with van der Waals surface area (Å²) in [5, 5.41) is 12.9. The fourth-order valence-electron chi connectivity index (χ4n) is 2.24. The molecular formula is C13H19FN2O. The lowest BCUT2D eigenvalue weighted by atomic mass is 10.1. The summed E-state index contributed by atoms with van der Waals surface area (Å²) in [5.74, 6) is -0.211. The summed E-state index contributed by atoms with van der Waals surface area (Å²) < 4.78 is 13.2. The van der Waals surface area contributed by atoms with Crippen molar-refractivity contribution in [3.63, 3.8) is 0 Å². The van der Waals surface area contributed by atoms with Gasteiger partial charge in [0, 0.05) is 25.3 Å². The van der Waals surface area contributed by atoms with Crippen LogP contribution >= 0.6 is 0 Å². The highest BCUT2D eigenvalue weighted by atomic mass is 19.1. The maximum Gasteiger partial charge on any atom is 0.125 e. The molecule has 0 spiro atoms. The number of anilines is 1. The van der Waals surface area contributed by atoms with Gasteiger partial charge in [-0.05, 0) is 30.7 Å². The summed E-state index contributed by atoms with van der Waals surface area (Å²) in [6.07, 6.45) is 0.521. The number of hydrogen-bond acceptors (Lipinski definition) is 3.